The number of nitrogens with zero attached hydrogens (tertiary/aromatic N) is 3. The van der Waals surface area contributed by atoms with Gasteiger partial charge in [0, 0.05) is 13.1 Å². The van der Waals surface area contributed by atoms with Crippen LogP contribution in [0.1, 0.15) is 18.5 Å². The van der Waals surface area contributed by atoms with E-state index in [1.54, 1.807) is 6.92 Å². The molecular formula is C18H21N3O6. The van der Waals surface area contributed by atoms with Crippen LogP contribution in [-0.2, 0) is 19.1 Å². The zero-order valence-electron chi connectivity index (χ0n) is 14.9. The van der Waals surface area contributed by atoms with E-state index in [1.807, 2.05) is 30.3 Å². The van der Waals surface area contributed by atoms with Crippen molar-refractivity contribution in [3.8, 4) is 0 Å². The van der Waals surface area contributed by atoms with Gasteiger partial charge in [0.05, 0.1) is 12.6 Å². The molecule has 0 radical (unpaired) electrons. The summed E-state index contributed by atoms with van der Waals surface area (Å²) in [6.07, 6.45) is 0. The van der Waals surface area contributed by atoms with E-state index < -0.39 is 30.6 Å². The minimum absolute atomic E-state index is 0.0812. The smallest absolute Gasteiger partial charge is 0.329 e. The van der Waals surface area contributed by atoms with Gasteiger partial charge in [-0.15, -0.1) is 0 Å². The number of carbonyl (C=O) groups excluding carboxylic acids is 3. The largest absolute Gasteiger partial charge is 0.480 e. The lowest BCUT2D eigenvalue weighted by Gasteiger charge is -2.35. The number of carboxylic acid groups (broad SMARTS) is 1. The van der Waals surface area contributed by atoms with Gasteiger partial charge >= 0.3 is 12.0 Å². The molecule has 2 heterocycles. The molecule has 9 nitrogen and oxygen atoms in total. The minimum Gasteiger partial charge on any atom is -0.480 e. The summed E-state index contributed by atoms with van der Waals surface area (Å²) in [5.74, 6) is -1.89. The van der Waals surface area contributed by atoms with E-state index in [2.05, 4.69) is 0 Å². The Hall–Kier alpha value is -2.94. The first-order chi connectivity index (χ1) is 12.9. The SMILES string of the molecule is CC(c1ccccc1)N1C(=O)C2CN(C(=O)COCC(=O)O)CCN2C1=O. The lowest BCUT2D eigenvalue weighted by atomic mass is 10.1. The molecule has 0 spiro atoms. The maximum Gasteiger partial charge on any atom is 0.329 e. The Bertz CT molecular complexity index is 753. The number of hydrogen-bond acceptors (Lipinski definition) is 5. The molecule has 0 aliphatic carbocycles. The first-order valence-corrected chi connectivity index (χ1v) is 8.66. The first kappa shape index (κ1) is 18.8. The molecule has 2 aliphatic heterocycles. The van der Waals surface area contributed by atoms with Gasteiger partial charge in [-0.2, -0.15) is 0 Å². The summed E-state index contributed by atoms with van der Waals surface area (Å²) < 4.78 is 4.82. The van der Waals surface area contributed by atoms with Crippen molar-refractivity contribution in [1.82, 2.24) is 14.7 Å². The van der Waals surface area contributed by atoms with Gasteiger partial charge < -0.3 is 19.6 Å². The van der Waals surface area contributed by atoms with Gasteiger partial charge in [0.15, 0.2) is 0 Å². The van der Waals surface area contributed by atoms with Crippen LogP contribution in [-0.4, -0.2) is 82.5 Å². The summed E-state index contributed by atoms with van der Waals surface area (Å²) in [5, 5.41) is 8.55. The van der Waals surface area contributed by atoms with Crippen molar-refractivity contribution in [1.29, 1.82) is 0 Å². The molecule has 1 aromatic rings. The van der Waals surface area contributed by atoms with E-state index in [0.29, 0.717) is 0 Å². The average molecular weight is 375 g/mol. The highest BCUT2D eigenvalue weighted by molar-refractivity contribution is 6.05. The third-order valence-electron chi connectivity index (χ3n) is 4.83. The van der Waals surface area contributed by atoms with E-state index in [1.165, 1.54) is 14.7 Å². The normalized spacial score (nSPS) is 20.6. The van der Waals surface area contributed by atoms with Gasteiger partial charge in [-0.05, 0) is 12.5 Å². The number of carboxylic acids is 1. The van der Waals surface area contributed by atoms with Gasteiger partial charge in [-0.1, -0.05) is 30.3 Å². The summed E-state index contributed by atoms with van der Waals surface area (Å²) in [6.45, 7) is 1.47. The van der Waals surface area contributed by atoms with Crippen LogP contribution in [0.4, 0.5) is 4.79 Å². The van der Waals surface area contributed by atoms with E-state index >= 15 is 0 Å². The fourth-order valence-electron chi connectivity index (χ4n) is 3.40. The quantitative estimate of drug-likeness (QED) is 0.718. The third-order valence-corrected chi connectivity index (χ3v) is 4.83. The number of benzene rings is 1. The van der Waals surface area contributed by atoms with E-state index in [0.717, 1.165) is 5.56 Å². The highest BCUT2D eigenvalue weighted by Gasteiger charge is 2.50. The van der Waals surface area contributed by atoms with Crippen LogP contribution in [0.3, 0.4) is 0 Å². The van der Waals surface area contributed by atoms with Crippen molar-refractivity contribution in [2.45, 2.75) is 19.0 Å². The molecule has 1 N–H and O–H groups in total. The highest BCUT2D eigenvalue weighted by Crippen LogP contribution is 2.30. The summed E-state index contributed by atoms with van der Waals surface area (Å²) in [7, 11) is 0. The Morgan fingerprint density at radius 3 is 2.56 bits per heavy atom. The van der Waals surface area contributed by atoms with Crippen molar-refractivity contribution in [2.75, 3.05) is 32.8 Å². The predicted molar refractivity (Wildman–Crippen MR) is 92.6 cm³/mol. The van der Waals surface area contributed by atoms with Gasteiger partial charge in [0.1, 0.15) is 19.3 Å². The van der Waals surface area contributed by atoms with E-state index in [-0.39, 0.29) is 38.2 Å². The molecule has 144 valence electrons. The maximum atomic E-state index is 12.9. The Morgan fingerprint density at radius 2 is 1.89 bits per heavy atom. The summed E-state index contributed by atoms with van der Waals surface area (Å²) in [6, 6.07) is 7.80. The second-order valence-electron chi connectivity index (χ2n) is 6.51. The topological polar surface area (TPSA) is 107 Å². The van der Waals surface area contributed by atoms with Crippen LogP contribution in [0.15, 0.2) is 30.3 Å². The molecule has 3 rings (SSSR count). The van der Waals surface area contributed by atoms with Crippen molar-refractivity contribution in [2.24, 2.45) is 0 Å². The number of urea groups is 1. The average Bonchev–Trinajstić information content (AvgIpc) is 2.91. The van der Waals surface area contributed by atoms with Gasteiger partial charge in [-0.25, -0.2) is 9.59 Å². The molecule has 2 fully saturated rings. The third kappa shape index (κ3) is 3.77. The first-order valence-electron chi connectivity index (χ1n) is 8.66. The second kappa shape index (κ2) is 7.75. The van der Waals surface area contributed by atoms with Gasteiger partial charge in [0.25, 0.3) is 5.91 Å². The lowest BCUT2D eigenvalue weighted by molar-refractivity contribution is -0.146. The van der Waals surface area contributed by atoms with E-state index in [4.69, 9.17) is 9.84 Å². The van der Waals surface area contributed by atoms with Crippen LogP contribution >= 0.6 is 0 Å². The van der Waals surface area contributed by atoms with Crippen molar-refractivity contribution < 1.29 is 29.0 Å². The van der Waals surface area contributed by atoms with Crippen LogP contribution in [0.25, 0.3) is 0 Å². The number of ether oxygens (including phenoxy) is 1. The molecule has 9 heteroatoms. The Kier molecular flexibility index (Phi) is 5.41. The summed E-state index contributed by atoms with van der Waals surface area (Å²) in [5.41, 5.74) is 0.856. The predicted octanol–water partition coefficient (Wildman–Crippen LogP) is 0.324. The van der Waals surface area contributed by atoms with Crippen LogP contribution in [0.5, 0.6) is 0 Å². The minimum atomic E-state index is -1.16. The molecule has 27 heavy (non-hydrogen) atoms. The fraction of sp³-hybridized carbons (Fsp3) is 0.444. The number of fused-ring (bicyclic) bond motifs is 1. The molecule has 2 unspecified atom stereocenters. The molecule has 2 atom stereocenters. The number of amides is 4. The number of imide groups is 1. The molecule has 4 amide bonds. The van der Waals surface area contributed by atoms with Crippen molar-refractivity contribution >= 4 is 23.8 Å². The van der Waals surface area contributed by atoms with Crippen molar-refractivity contribution in [3.63, 3.8) is 0 Å². The van der Waals surface area contributed by atoms with Gasteiger partial charge in [-0.3, -0.25) is 14.5 Å². The number of hydrogen-bond donors (Lipinski definition) is 1. The number of aliphatic carboxylic acids is 1. The number of carbonyl (C=O) groups is 4. The van der Waals surface area contributed by atoms with Crippen LogP contribution in [0, 0.1) is 0 Å². The van der Waals surface area contributed by atoms with Crippen molar-refractivity contribution in [3.05, 3.63) is 35.9 Å². The Labute approximate surface area is 156 Å². The molecule has 0 aromatic heterocycles. The van der Waals surface area contributed by atoms with Crippen LogP contribution < -0.4 is 0 Å². The monoisotopic (exact) mass is 375 g/mol. The molecule has 2 saturated heterocycles. The maximum absolute atomic E-state index is 12.9. The molecular weight excluding hydrogens is 354 g/mol. The highest BCUT2D eigenvalue weighted by atomic mass is 16.5. The zero-order valence-corrected chi connectivity index (χ0v) is 14.9. The Morgan fingerprint density at radius 1 is 1.19 bits per heavy atom. The zero-order chi connectivity index (χ0) is 19.6. The molecule has 2 aliphatic rings. The lowest BCUT2D eigenvalue weighted by Crippen LogP contribution is -2.55. The van der Waals surface area contributed by atoms with Gasteiger partial charge in [0.2, 0.25) is 5.91 Å². The molecule has 1 aromatic carbocycles. The Balaban J connectivity index is 1.67. The summed E-state index contributed by atoms with van der Waals surface area (Å²) in [4.78, 5) is 52.4. The van der Waals surface area contributed by atoms with E-state index in [9.17, 15) is 19.2 Å². The summed E-state index contributed by atoms with van der Waals surface area (Å²) >= 11 is 0. The number of piperazine rings is 1. The molecule has 0 saturated carbocycles. The fourth-order valence-corrected chi connectivity index (χ4v) is 3.40. The molecule has 0 bridgehead atoms. The second-order valence-corrected chi connectivity index (χ2v) is 6.51. The number of rotatable bonds is 6. The standard InChI is InChI=1S/C18H21N3O6/c1-12(13-5-3-2-4-6-13)21-17(25)14-9-19(7-8-20(14)18(21)26)15(22)10-27-11-16(23)24/h2-6,12,14H,7-11H2,1H3,(H,23,24). The van der Waals surface area contributed by atoms with Crippen LogP contribution in [0.2, 0.25) is 0 Å².